The van der Waals surface area contributed by atoms with Gasteiger partial charge in [-0.25, -0.2) is 0 Å². The average molecular weight is 343 g/mol. The van der Waals surface area contributed by atoms with Gasteiger partial charge in [-0.3, -0.25) is 9.59 Å². The van der Waals surface area contributed by atoms with E-state index in [4.69, 9.17) is 5.11 Å². The maximum Gasteiger partial charge on any atom is 0.251 e. The van der Waals surface area contributed by atoms with E-state index in [0.29, 0.717) is 18.5 Å². The fraction of sp³-hybridized carbons (Fsp3) is 0.429. The van der Waals surface area contributed by atoms with Crippen molar-refractivity contribution in [3.8, 4) is 0 Å². The van der Waals surface area contributed by atoms with E-state index in [1.54, 1.807) is 31.2 Å². The minimum atomic E-state index is -0.424. The number of halogens is 1. The predicted molar refractivity (Wildman–Crippen MR) is 80.4 cm³/mol. The van der Waals surface area contributed by atoms with Gasteiger partial charge in [0.1, 0.15) is 0 Å². The first-order chi connectivity index (χ1) is 9.49. The highest BCUT2D eigenvalue weighted by atomic mass is 79.9. The zero-order valence-electron chi connectivity index (χ0n) is 11.4. The topological polar surface area (TPSA) is 78.4 Å². The van der Waals surface area contributed by atoms with Crippen molar-refractivity contribution < 1.29 is 14.7 Å². The normalized spacial score (nSPS) is 11.8. The molecule has 0 heterocycles. The Hall–Kier alpha value is -1.40. The molecule has 2 amide bonds. The number of amides is 2. The molecule has 1 rings (SSSR count). The van der Waals surface area contributed by atoms with Gasteiger partial charge in [-0.1, -0.05) is 15.9 Å². The molecule has 110 valence electrons. The maximum atomic E-state index is 11.7. The van der Waals surface area contributed by atoms with Crippen LogP contribution in [0, 0.1) is 0 Å². The Kier molecular flexibility index (Phi) is 7.25. The number of rotatable bonds is 7. The molecule has 1 aromatic rings. The molecule has 0 aliphatic carbocycles. The standard InChI is InChI=1S/C14H19BrN2O3/c1-10(18)6-8-16-13(19)7-9-17-14(20)11-2-4-12(15)5-3-11/h2-5,10,18H,6-9H2,1H3,(H,16,19)(H,17,20). The summed E-state index contributed by atoms with van der Waals surface area (Å²) < 4.78 is 0.909. The fourth-order valence-corrected chi connectivity index (χ4v) is 1.77. The summed E-state index contributed by atoms with van der Waals surface area (Å²) >= 11 is 3.30. The second kappa shape index (κ2) is 8.71. The molecule has 5 nitrogen and oxygen atoms in total. The van der Waals surface area contributed by atoms with Crippen molar-refractivity contribution in [2.45, 2.75) is 25.9 Å². The number of aliphatic hydroxyl groups excluding tert-OH is 1. The Bertz CT molecular complexity index is 446. The lowest BCUT2D eigenvalue weighted by Gasteiger charge is -2.08. The van der Waals surface area contributed by atoms with Crippen molar-refractivity contribution in [2.75, 3.05) is 13.1 Å². The van der Waals surface area contributed by atoms with Crippen LogP contribution >= 0.6 is 15.9 Å². The van der Waals surface area contributed by atoms with Gasteiger partial charge in [-0.15, -0.1) is 0 Å². The Morgan fingerprint density at radius 2 is 1.85 bits per heavy atom. The Morgan fingerprint density at radius 3 is 2.45 bits per heavy atom. The molecule has 0 aromatic heterocycles. The number of aliphatic hydroxyl groups is 1. The van der Waals surface area contributed by atoms with Crippen LogP contribution in [0.15, 0.2) is 28.7 Å². The van der Waals surface area contributed by atoms with Crippen LogP contribution in [0.5, 0.6) is 0 Å². The Balaban J connectivity index is 2.21. The van der Waals surface area contributed by atoms with Gasteiger partial charge in [0.15, 0.2) is 0 Å². The van der Waals surface area contributed by atoms with Crippen LogP contribution in [-0.4, -0.2) is 36.1 Å². The number of nitrogens with one attached hydrogen (secondary N) is 2. The molecule has 1 aromatic carbocycles. The number of hydrogen-bond acceptors (Lipinski definition) is 3. The van der Waals surface area contributed by atoms with Crippen molar-refractivity contribution in [3.63, 3.8) is 0 Å². The third-order valence-corrected chi connectivity index (χ3v) is 3.16. The minimum Gasteiger partial charge on any atom is -0.393 e. The SMILES string of the molecule is CC(O)CCNC(=O)CCNC(=O)c1ccc(Br)cc1. The zero-order valence-corrected chi connectivity index (χ0v) is 12.9. The lowest BCUT2D eigenvalue weighted by Crippen LogP contribution is -2.31. The van der Waals surface area contributed by atoms with Gasteiger partial charge >= 0.3 is 0 Å². The van der Waals surface area contributed by atoms with Crippen molar-refractivity contribution in [2.24, 2.45) is 0 Å². The van der Waals surface area contributed by atoms with E-state index in [-0.39, 0.29) is 24.8 Å². The van der Waals surface area contributed by atoms with Crippen molar-refractivity contribution in [3.05, 3.63) is 34.3 Å². The Labute approximate surface area is 126 Å². The summed E-state index contributed by atoms with van der Waals surface area (Å²) in [6, 6.07) is 7.00. The van der Waals surface area contributed by atoms with Crippen LogP contribution in [0.2, 0.25) is 0 Å². The smallest absolute Gasteiger partial charge is 0.251 e. The van der Waals surface area contributed by atoms with Gasteiger partial charge < -0.3 is 15.7 Å². The molecule has 0 bridgehead atoms. The summed E-state index contributed by atoms with van der Waals surface area (Å²) in [4.78, 5) is 23.2. The van der Waals surface area contributed by atoms with Gasteiger partial charge in [0.05, 0.1) is 6.10 Å². The van der Waals surface area contributed by atoms with Gasteiger partial charge in [0, 0.05) is 29.5 Å². The number of hydrogen-bond donors (Lipinski definition) is 3. The molecule has 1 atom stereocenters. The van der Waals surface area contributed by atoms with Crippen LogP contribution in [0.3, 0.4) is 0 Å². The number of carbonyl (C=O) groups excluding carboxylic acids is 2. The summed E-state index contributed by atoms with van der Waals surface area (Å²) in [6.07, 6.45) is 0.325. The molecule has 6 heteroatoms. The molecule has 0 fully saturated rings. The third-order valence-electron chi connectivity index (χ3n) is 2.63. The molecule has 0 spiro atoms. The molecule has 20 heavy (non-hydrogen) atoms. The second-order valence-corrected chi connectivity index (χ2v) is 5.42. The first-order valence-electron chi connectivity index (χ1n) is 6.47. The summed E-state index contributed by atoms with van der Waals surface area (Å²) in [6.45, 7) is 2.40. The van der Waals surface area contributed by atoms with E-state index < -0.39 is 6.10 Å². The molecule has 3 N–H and O–H groups in total. The van der Waals surface area contributed by atoms with E-state index in [1.807, 2.05) is 0 Å². The molecule has 0 saturated heterocycles. The molecule has 0 aliphatic rings. The molecule has 0 radical (unpaired) electrons. The van der Waals surface area contributed by atoms with E-state index in [9.17, 15) is 9.59 Å². The van der Waals surface area contributed by atoms with Crippen molar-refractivity contribution in [1.82, 2.24) is 10.6 Å². The first-order valence-corrected chi connectivity index (χ1v) is 7.27. The van der Waals surface area contributed by atoms with Crippen molar-refractivity contribution in [1.29, 1.82) is 0 Å². The van der Waals surface area contributed by atoms with E-state index in [1.165, 1.54) is 0 Å². The second-order valence-electron chi connectivity index (χ2n) is 4.50. The zero-order chi connectivity index (χ0) is 15.0. The van der Waals surface area contributed by atoms with Gasteiger partial charge in [0.2, 0.25) is 5.91 Å². The highest BCUT2D eigenvalue weighted by Gasteiger charge is 2.06. The van der Waals surface area contributed by atoms with Crippen LogP contribution in [0.1, 0.15) is 30.1 Å². The summed E-state index contributed by atoms with van der Waals surface area (Å²) in [7, 11) is 0. The summed E-state index contributed by atoms with van der Waals surface area (Å²) in [5.74, 6) is -0.337. The predicted octanol–water partition coefficient (Wildman–Crippen LogP) is 1.46. The van der Waals surface area contributed by atoms with Crippen LogP contribution < -0.4 is 10.6 Å². The molecule has 0 aliphatic heterocycles. The maximum absolute atomic E-state index is 11.7. The van der Waals surface area contributed by atoms with E-state index >= 15 is 0 Å². The molecular formula is C14H19BrN2O3. The van der Waals surface area contributed by atoms with Crippen LogP contribution in [0.4, 0.5) is 0 Å². The van der Waals surface area contributed by atoms with Gasteiger partial charge in [-0.2, -0.15) is 0 Å². The first kappa shape index (κ1) is 16.7. The number of benzene rings is 1. The van der Waals surface area contributed by atoms with Gasteiger partial charge in [0.25, 0.3) is 5.91 Å². The minimum absolute atomic E-state index is 0.137. The number of carbonyl (C=O) groups is 2. The molecule has 0 saturated carbocycles. The summed E-state index contributed by atoms with van der Waals surface area (Å²) in [5.41, 5.74) is 0.558. The Morgan fingerprint density at radius 1 is 1.20 bits per heavy atom. The fourth-order valence-electron chi connectivity index (χ4n) is 1.50. The largest absolute Gasteiger partial charge is 0.393 e. The molecular weight excluding hydrogens is 324 g/mol. The third kappa shape index (κ3) is 6.68. The van der Waals surface area contributed by atoms with E-state index in [0.717, 1.165) is 4.47 Å². The van der Waals surface area contributed by atoms with Gasteiger partial charge in [-0.05, 0) is 37.6 Å². The quantitative estimate of drug-likeness (QED) is 0.701. The van der Waals surface area contributed by atoms with Crippen molar-refractivity contribution >= 4 is 27.7 Å². The highest BCUT2D eigenvalue weighted by molar-refractivity contribution is 9.10. The monoisotopic (exact) mass is 342 g/mol. The average Bonchev–Trinajstić information content (AvgIpc) is 2.39. The van der Waals surface area contributed by atoms with E-state index in [2.05, 4.69) is 26.6 Å². The van der Waals surface area contributed by atoms with Crippen LogP contribution in [-0.2, 0) is 4.79 Å². The lowest BCUT2D eigenvalue weighted by atomic mass is 10.2. The highest BCUT2D eigenvalue weighted by Crippen LogP contribution is 2.10. The lowest BCUT2D eigenvalue weighted by molar-refractivity contribution is -0.121. The summed E-state index contributed by atoms with van der Waals surface area (Å²) in [5, 5.41) is 14.4. The van der Waals surface area contributed by atoms with Crippen LogP contribution in [0.25, 0.3) is 0 Å². The molecule has 1 unspecified atom stereocenters.